The van der Waals surface area contributed by atoms with Crippen LogP contribution in [-0.2, 0) is 0 Å². The van der Waals surface area contributed by atoms with Crippen molar-refractivity contribution < 1.29 is 4.79 Å². The lowest BCUT2D eigenvalue weighted by atomic mass is 10.3. The number of allylic oxidation sites excluding steroid dienone is 1. The molecule has 0 spiro atoms. The van der Waals surface area contributed by atoms with E-state index in [0.717, 1.165) is 9.75 Å². The van der Waals surface area contributed by atoms with Gasteiger partial charge in [0.2, 0.25) is 0 Å². The van der Waals surface area contributed by atoms with E-state index in [1.54, 1.807) is 17.4 Å². The SMILES string of the molecule is Cc1ccc(C(=O)/C=C/c2cccs2)s1. The standard InChI is InChI=1S/C12H10OS2/c1-9-4-7-12(15-9)11(13)6-5-10-3-2-8-14-10/h2-8H,1H3/b6-5+. The molecule has 2 heterocycles. The summed E-state index contributed by atoms with van der Waals surface area (Å²) in [7, 11) is 0. The van der Waals surface area contributed by atoms with Crippen LogP contribution in [-0.4, -0.2) is 5.78 Å². The van der Waals surface area contributed by atoms with Crippen LogP contribution in [0, 0.1) is 6.92 Å². The van der Waals surface area contributed by atoms with Gasteiger partial charge in [0.15, 0.2) is 5.78 Å². The van der Waals surface area contributed by atoms with Crippen LogP contribution in [0.3, 0.4) is 0 Å². The Labute approximate surface area is 96.7 Å². The van der Waals surface area contributed by atoms with Crippen molar-refractivity contribution in [3.05, 3.63) is 50.4 Å². The minimum Gasteiger partial charge on any atom is -0.288 e. The number of ketones is 1. The molecule has 0 N–H and O–H groups in total. The normalized spacial score (nSPS) is 11.0. The fraction of sp³-hybridized carbons (Fsp3) is 0.0833. The summed E-state index contributed by atoms with van der Waals surface area (Å²) >= 11 is 3.17. The van der Waals surface area contributed by atoms with Crippen molar-refractivity contribution >= 4 is 34.5 Å². The van der Waals surface area contributed by atoms with E-state index in [9.17, 15) is 4.79 Å². The average molecular weight is 234 g/mol. The third kappa shape index (κ3) is 2.64. The zero-order chi connectivity index (χ0) is 10.7. The highest BCUT2D eigenvalue weighted by atomic mass is 32.1. The molecule has 0 atom stereocenters. The summed E-state index contributed by atoms with van der Waals surface area (Å²) in [6, 6.07) is 7.82. The molecule has 2 aromatic rings. The second-order valence-corrected chi connectivity index (χ2v) is 5.39. The molecular weight excluding hydrogens is 224 g/mol. The molecule has 0 amide bonds. The van der Waals surface area contributed by atoms with Gasteiger partial charge in [-0.15, -0.1) is 22.7 Å². The quantitative estimate of drug-likeness (QED) is 0.579. The number of aryl methyl sites for hydroxylation is 1. The molecule has 0 saturated carbocycles. The third-order valence-corrected chi connectivity index (χ3v) is 3.78. The van der Waals surface area contributed by atoms with Crippen molar-refractivity contribution in [2.24, 2.45) is 0 Å². The highest BCUT2D eigenvalue weighted by Crippen LogP contribution is 2.17. The van der Waals surface area contributed by atoms with Crippen LogP contribution < -0.4 is 0 Å². The first-order chi connectivity index (χ1) is 7.25. The van der Waals surface area contributed by atoms with Crippen molar-refractivity contribution in [3.8, 4) is 0 Å². The first-order valence-electron chi connectivity index (χ1n) is 4.58. The predicted molar refractivity (Wildman–Crippen MR) is 66.7 cm³/mol. The maximum absolute atomic E-state index is 11.7. The van der Waals surface area contributed by atoms with E-state index in [-0.39, 0.29) is 5.78 Å². The maximum Gasteiger partial charge on any atom is 0.195 e. The van der Waals surface area contributed by atoms with Crippen LogP contribution in [0.25, 0.3) is 6.08 Å². The monoisotopic (exact) mass is 234 g/mol. The van der Waals surface area contributed by atoms with Gasteiger partial charge in [0.1, 0.15) is 0 Å². The Kier molecular flexibility index (Phi) is 3.14. The lowest BCUT2D eigenvalue weighted by molar-refractivity contribution is 0.105. The maximum atomic E-state index is 11.7. The van der Waals surface area contributed by atoms with Gasteiger partial charge < -0.3 is 0 Å². The fourth-order valence-corrected chi connectivity index (χ4v) is 2.60. The molecule has 0 aliphatic heterocycles. The lowest BCUT2D eigenvalue weighted by Crippen LogP contribution is -1.87. The Balaban J connectivity index is 2.10. The van der Waals surface area contributed by atoms with Crippen LogP contribution in [0.1, 0.15) is 19.4 Å². The first-order valence-corrected chi connectivity index (χ1v) is 6.28. The number of thiophene rings is 2. The number of rotatable bonds is 3. The summed E-state index contributed by atoms with van der Waals surface area (Å²) in [6.45, 7) is 2.00. The third-order valence-electron chi connectivity index (χ3n) is 1.93. The Morgan fingerprint density at radius 3 is 2.80 bits per heavy atom. The van der Waals surface area contributed by atoms with Gasteiger partial charge in [-0.3, -0.25) is 4.79 Å². The molecule has 0 unspecified atom stereocenters. The average Bonchev–Trinajstić information content (AvgIpc) is 2.84. The number of hydrogen-bond acceptors (Lipinski definition) is 3. The van der Waals surface area contributed by atoms with E-state index >= 15 is 0 Å². The van der Waals surface area contributed by atoms with Crippen molar-refractivity contribution in [2.45, 2.75) is 6.92 Å². The van der Waals surface area contributed by atoms with Gasteiger partial charge in [-0.05, 0) is 42.7 Å². The summed E-state index contributed by atoms with van der Waals surface area (Å²) in [6.07, 6.45) is 3.50. The molecule has 2 rings (SSSR count). The van der Waals surface area contributed by atoms with Gasteiger partial charge >= 0.3 is 0 Å². The van der Waals surface area contributed by atoms with Gasteiger partial charge in [-0.2, -0.15) is 0 Å². The molecule has 0 radical (unpaired) electrons. The van der Waals surface area contributed by atoms with Crippen LogP contribution in [0.5, 0.6) is 0 Å². The minimum absolute atomic E-state index is 0.0847. The van der Waals surface area contributed by atoms with E-state index in [0.29, 0.717) is 0 Å². The second-order valence-electron chi connectivity index (χ2n) is 3.12. The van der Waals surface area contributed by atoms with Crippen LogP contribution in [0.15, 0.2) is 35.7 Å². The summed E-state index contributed by atoms with van der Waals surface area (Å²) in [5.41, 5.74) is 0. The molecule has 0 saturated heterocycles. The van der Waals surface area contributed by atoms with Crippen molar-refractivity contribution in [1.29, 1.82) is 0 Å². The Bertz CT molecular complexity index is 477. The first kappa shape index (κ1) is 10.3. The zero-order valence-electron chi connectivity index (χ0n) is 8.27. The van der Waals surface area contributed by atoms with Crippen LogP contribution >= 0.6 is 22.7 Å². The van der Waals surface area contributed by atoms with Crippen molar-refractivity contribution in [2.75, 3.05) is 0 Å². The largest absolute Gasteiger partial charge is 0.288 e. The van der Waals surface area contributed by atoms with E-state index in [4.69, 9.17) is 0 Å². The van der Waals surface area contributed by atoms with Crippen LogP contribution in [0.4, 0.5) is 0 Å². The van der Waals surface area contributed by atoms with Gasteiger partial charge in [0.05, 0.1) is 4.88 Å². The Hall–Kier alpha value is -1.19. The number of carbonyl (C=O) groups excluding carboxylic acids is 1. The minimum atomic E-state index is 0.0847. The Morgan fingerprint density at radius 1 is 1.33 bits per heavy atom. The van der Waals surface area contributed by atoms with E-state index in [1.807, 2.05) is 42.6 Å². The summed E-state index contributed by atoms with van der Waals surface area (Å²) < 4.78 is 0. The molecule has 1 nitrogen and oxygen atoms in total. The smallest absolute Gasteiger partial charge is 0.195 e. The summed E-state index contributed by atoms with van der Waals surface area (Å²) in [4.78, 5) is 14.8. The molecule has 0 aliphatic carbocycles. The van der Waals surface area contributed by atoms with Gasteiger partial charge in [0, 0.05) is 9.75 Å². The number of carbonyl (C=O) groups is 1. The van der Waals surface area contributed by atoms with Gasteiger partial charge in [0.25, 0.3) is 0 Å². The van der Waals surface area contributed by atoms with Gasteiger partial charge in [-0.1, -0.05) is 6.07 Å². The topological polar surface area (TPSA) is 17.1 Å². The van der Waals surface area contributed by atoms with E-state index in [1.165, 1.54) is 16.2 Å². The summed E-state index contributed by atoms with van der Waals surface area (Å²) in [5.74, 6) is 0.0847. The summed E-state index contributed by atoms with van der Waals surface area (Å²) in [5, 5.41) is 2.00. The molecular formula is C12H10OS2. The number of hydrogen-bond donors (Lipinski definition) is 0. The van der Waals surface area contributed by atoms with Gasteiger partial charge in [-0.25, -0.2) is 0 Å². The second kappa shape index (κ2) is 4.55. The molecule has 0 aliphatic rings. The highest BCUT2D eigenvalue weighted by molar-refractivity contribution is 7.14. The molecule has 3 heteroatoms. The van der Waals surface area contributed by atoms with Crippen molar-refractivity contribution in [3.63, 3.8) is 0 Å². The van der Waals surface area contributed by atoms with E-state index in [2.05, 4.69) is 0 Å². The Morgan fingerprint density at radius 2 is 2.20 bits per heavy atom. The molecule has 0 aromatic carbocycles. The molecule has 0 fully saturated rings. The highest BCUT2D eigenvalue weighted by Gasteiger charge is 2.03. The molecule has 76 valence electrons. The van der Waals surface area contributed by atoms with Crippen molar-refractivity contribution in [1.82, 2.24) is 0 Å². The molecule has 15 heavy (non-hydrogen) atoms. The lowest BCUT2D eigenvalue weighted by Gasteiger charge is -1.87. The fourth-order valence-electron chi connectivity index (χ4n) is 1.19. The molecule has 2 aromatic heterocycles. The zero-order valence-corrected chi connectivity index (χ0v) is 9.90. The molecule has 0 bridgehead atoms. The van der Waals surface area contributed by atoms with Crippen LogP contribution in [0.2, 0.25) is 0 Å². The van der Waals surface area contributed by atoms with E-state index < -0.39 is 0 Å². The predicted octanol–water partition coefficient (Wildman–Crippen LogP) is 4.01.